The molecule has 1 heterocycles. The van der Waals surface area contributed by atoms with Gasteiger partial charge in [-0.3, -0.25) is 14.6 Å². The molecule has 7 heteroatoms. The highest BCUT2D eigenvalue weighted by atomic mass is 35.5. The third kappa shape index (κ3) is 3.90. The average molecular weight is 434 g/mol. The summed E-state index contributed by atoms with van der Waals surface area (Å²) >= 11 is 6.06. The molecule has 2 amide bonds. The van der Waals surface area contributed by atoms with E-state index >= 15 is 0 Å². The van der Waals surface area contributed by atoms with Crippen LogP contribution in [0.1, 0.15) is 21.5 Å². The lowest BCUT2D eigenvalue weighted by Crippen LogP contribution is -2.27. The molecule has 0 spiro atoms. The Hall–Kier alpha value is -3.64. The zero-order valence-electron chi connectivity index (χ0n) is 17.1. The molecule has 0 aliphatic carbocycles. The number of nitrogens with two attached hydrogens (primary N) is 1. The first kappa shape index (κ1) is 20.6. The molecule has 3 aromatic rings. The standard InChI is InChI=1S/C24H20ClN3O3/c1-28-20-12-21(31-2)18(14-6-8-17(25)9-7-14)11-19(20)23(27-13-22(28)29)15-4-3-5-16(10-15)24(26)30/h3-12H,13H2,1-2H3,(H2,26,30). The zero-order chi connectivity index (χ0) is 22.1. The zero-order valence-corrected chi connectivity index (χ0v) is 17.8. The summed E-state index contributed by atoms with van der Waals surface area (Å²) < 4.78 is 5.64. The summed E-state index contributed by atoms with van der Waals surface area (Å²) in [5.74, 6) is -0.0578. The highest BCUT2D eigenvalue weighted by Crippen LogP contribution is 2.38. The lowest BCUT2D eigenvalue weighted by Gasteiger charge is -2.21. The van der Waals surface area contributed by atoms with Gasteiger partial charge in [-0.05, 0) is 35.9 Å². The number of amides is 2. The van der Waals surface area contributed by atoms with Gasteiger partial charge in [-0.25, -0.2) is 0 Å². The molecule has 1 aliphatic heterocycles. The third-order valence-corrected chi connectivity index (χ3v) is 5.51. The molecule has 2 N–H and O–H groups in total. The number of ether oxygens (including phenoxy) is 1. The summed E-state index contributed by atoms with van der Waals surface area (Å²) in [5, 5.41) is 0.633. The Morgan fingerprint density at radius 3 is 2.48 bits per heavy atom. The molecular formula is C24H20ClN3O3. The van der Waals surface area contributed by atoms with Crippen molar-refractivity contribution < 1.29 is 14.3 Å². The lowest BCUT2D eigenvalue weighted by atomic mass is 9.94. The van der Waals surface area contributed by atoms with Crippen molar-refractivity contribution in [3.63, 3.8) is 0 Å². The molecule has 0 fully saturated rings. The van der Waals surface area contributed by atoms with Gasteiger partial charge >= 0.3 is 0 Å². The molecule has 31 heavy (non-hydrogen) atoms. The number of carbonyl (C=O) groups is 2. The maximum absolute atomic E-state index is 12.6. The van der Waals surface area contributed by atoms with Gasteiger partial charge in [0.05, 0.1) is 18.5 Å². The van der Waals surface area contributed by atoms with Crippen LogP contribution in [-0.2, 0) is 4.79 Å². The van der Waals surface area contributed by atoms with Crippen molar-refractivity contribution >= 4 is 34.8 Å². The Labute approximate surface area is 184 Å². The second-order valence-corrected chi connectivity index (χ2v) is 7.58. The third-order valence-electron chi connectivity index (χ3n) is 5.26. The molecule has 0 aromatic heterocycles. The average Bonchev–Trinajstić information content (AvgIpc) is 2.90. The molecule has 0 unspecified atom stereocenters. The van der Waals surface area contributed by atoms with Gasteiger partial charge in [-0.2, -0.15) is 0 Å². The van der Waals surface area contributed by atoms with Crippen LogP contribution < -0.4 is 15.4 Å². The number of benzene rings is 3. The highest BCUT2D eigenvalue weighted by molar-refractivity contribution is 6.30. The van der Waals surface area contributed by atoms with E-state index in [0.717, 1.165) is 16.7 Å². The van der Waals surface area contributed by atoms with Crippen molar-refractivity contribution in [1.82, 2.24) is 0 Å². The minimum absolute atomic E-state index is 0.0140. The SMILES string of the molecule is COc1cc2c(cc1-c1ccc(Cl)cc1)C(c1cccc(C(N)=O)c1)=NCC(=O)N2C. The van der Waals surface area contributed by atoms with Crippen molar-refractivity contribution in [3.8, 4) is 16.9 Å². The predicted molar refractivity (Wildman–Crippen MR) is 122 cm³/mol. The number of benzodiazepines with no additional fused rings is 1. The number of carbonyl (C=O) groups excluding carboxylic acids is 2. The number of likely N-dealkylation sites (N-methyl/N-ethyl adjacent to an activating group) is 1. The predicted octanol–water partition coefficient (Wildman–Crippen LogP) is 3.93. The van der Waals surface area contributed by atoms with Gasteiger partial charge in [-0.15, -0.1) is 0 Å². The molecule has 0 atom stereocenters. The lowest BCUT2D eigenvalue weighted by molar-refractivity contribution is -0.116. The van der Waals surface area contributed by atoms with Crippen LogP contribution in [-0.4, -0.2) is 38.2 Å². The molecule has 0 bridgehead atoms. The van der Waals surface area contributed by atoms with Crippen molar-refractivity contribution in [2.75, 3.05) is 25.6 Å². The van der Waals surface area contributed by atoms with Gasteiger partial charge in [0.2, 0.25) is 11.8 Å². The number of fused-ring (bicyclic) bond motifs is 1. The summed E-state index contributed by atoms with van der Waals surface area (Å²) in [6.45, 7) is -0.0140. The van der Waals surface area contributed by atoms with Crippen LogP contribution in [0.4, 0.5) is 5.69 Å². The molecule has 3 aromatic carbocycles. The van der Waals surface area contributed by atoms with E-state index in [2.05, 4.69) is 4.99 Å². The molecule has 156 valence electrons. The van der Waals surface area contributed by atoms with E-state index < -0.39 is 5.91 Å². The van der Waals surface area contributed by atoms with Crippen LogP contribution in [0.15, 0.2) is 65.7 Å². The second-order valence-electron chi connectivity index (χ2n) is 7.14. The number of nitrogens with zero attached hydrogens (tertiary/aromatic N) is 2. The summed E-state index contributed by atoms with van der Waals surface area (Å²) in [7, 11) is 3.30. The van der Waals surface area contributed by atoms with E-state index in [0.29, 0.717) is 33.3 Å². The van der Waals surface area contributed by atoms with E-state index in [1.807, 2.05) is 42.5 Å². The summed E-state index contributed by atoms with van der Waals surface area (Å²) in [4.78, 5) is 30.5. The molecule has 1 aliphatic rings. The van der Waals surface area contributed by atoms with Crippen LogP contribution in [0.25, 0.3) is 11.1 Å². The number of hydrogen-bond acceptors (Lipinski definition) is 4. The van der Waals surface area contributed by atoms with E-state index in [-0.39, 0.29) is 12.5 Å². The topological polar surface area (TPSA) is 85.0 Å². The Morgan fingerprint density at radius 2 is 1.81 bits per heavy atom. The van der Waals surface area contributed by atoms with Gasteiger partial charge < -0.3 is 15.4 Å². The van der Waals surface area contributed by atoms with Gasteiger partial charge in [0, 0.05) is 40.4 Å². The van der Waals surface area contributed by atoms with E-state index in [4.69, 9.17) is 22.1 Å². The Kier molecular flexibility index (Phi) is 5.48. The Balaban J connectivity index is 1.97. The van der Waals surface area contributed by atoms with Gasteiger partial charge in [-0.1, -0.05) is 35.9 Å². The largest absolute Gasteiger partial charge is 0.496 e. The summed E-state index contributed by atoms with van der Waals surface area (Å²) in [6.07, 6.45) is 0. The number of aliphatic imine (C=N–C) groups is 1. The first-order chi connectivity index (χ1) is 14.9. The molecular weight excluding hydrogens is 414 g/mol. The molecule has 0 saturated carbocycles. The number of halogens is 1. The smallest absolute Gasteiger partial charge is 0.248 e. The minimum atomic E-state index is -0.527. The van der Waals surface area contributed by atoms with E-state index in [1.54, 1.807) is 37.3 Å². The molecule has 4 rings (SSSR count). The molecule has 0 radical (unpaired) electrons. The van der Waals surface area contributed by atoms with Crippen LogP contribution in [0.3, 0.4) is 0 Å². The fraction of sp³-hybridized carbons (Fsp3) is 0.125. The maximum Gasteiger partial charge on any atom is 0.248 e. The number of primary amides is 1. The van der Waals surface area contributed by atoms with E-state index in [9.17, 15) is 9.59 Å². The van der Waals surface area contributed by atoms with Gasteiger partial charge in [0.1, 0.15) is 12.3 Å². The van der Waals surface area contributed by atoms with Crippen LogP contribution in [0.5, 0.6) is 5.75 Å². The Morgan fingerprint density at radius 1 is 1.06 bits per heavy atom. The number of methoxy groups -OCH3 is 1. The quantitative estimate of drug-likeness (QED) is 0.676. The van der Waals surface area contributed by atoms with Crippen molar-refractivity contribution in [3.05, 3.63) is 82.4 Å². The number of anilines is 1. The fourth-order valence-electron chi connectivity index (χ4n) is 3.60. The first-order valence-electron chi connectivity index (χ1n) is 9.58. The van der Waals surface area contributed by atoms with Crippen LogP contribution in [0, 0.1) is 0 Å². The summed E-state index contributed by atoms with van der Waals surface area (Å²) in [6, 6.07) is 18.1. The van der Waals surface area contributed by atoms with E-state index in [1.165, 1.54) is 0 Å². The number of rotatable bonds is 4. The highest BCUT2D eigenvalue weighted by Gasteiger charge is 2.25. The number of hydrogen-bond donors (Lipinski definition) is 1. The normalized spacial score (nSPS) is 13.3. The fourth-order valence-corrected chi connectivity index (χ4v) is 3.72. The Bertz CT molecular complexity index is 1220. The summed E-state index contributed by atoms with van der Waals surface area (Å²) in [5.41, 5.74) is 10.3. The van der Waals surface area contributed by atoms with Crippen LogP contribution >= 0.6 is 11.6 Å². The molecule has 6 nitrogen and oxygen atoms in total. The second kappa shape index (κ2) is 8.24. The van der Waals surface area contributed by atoms with Gasteiger partial charge in [0.25, 0.3) is 0 Å². The van der Waals surface area contributed by atoms with Gasteiger partial charge in [0.15, 0.2) is 0 Å². The minimum Gasteiger partial charge on any atom is -0.496 e. The maximum atomic E-state index is 12.6. The van der Waals surface area contributed by atoms with Crippen molar-refractivity contribution in [2.24, 2.45) is 10.7 Å². The van der Waals surface area contributed by atoms with Crippen LogP contribution in [0.2, 0.25) is 5.02 Å². The monoisotopic (exact) mass is 433 g/mol. The van der Waals surface area contributed by atoms with Crippen molar-refractivity contribution in [2.45, 2.75) is 0 Å². The van der Waals surface area contributed by atoms with Crippen molar-refractivity contribution in [1.29, 1.82) is 0 Å². The first-order valence-corrected chi connectivity index (χ1v) is 9.96. The molecule has 0 saturated heterocycles.